The van der Waals surface area contributed by atoms with E-state index in [1.54, 1.807) is 6.08 Å². The van der Waals surface area contributed by atoms with E-state index in [1.165, 1.54) is 134 Å². The molecule has 0 aromatic carbocycles. The van der Waals surface area contributed by atoms with Crippen LogP contribution < -0.4 is 0 Å². The molecule has 0 spiro atoms. The largest absolute Gasteiger partial charge is 0.472 e. The lowest BCUT2D eigenvalue weighted by atomic mass is 9.84. The first kappa shape index (κ1) is 85.7. The molecule has 2 saturated heterocycles. The summed E-state index contributed by atoms with van der Waals surface area (Å²) in [6, 6.07) is 0. The van der Waals surface area contributed by atoms with Gasteiger partial charge in [-0.2, -0.15) is 0 Å². The average molecular weight is 1370 g/mol. The standard InChI is InChI=1S/C69H125O24P/c1-4-7-10-13-16-19-22-24-25-27-29-32-35-38-41-44-54(72)86-49-52-57(75)59(77)64(82)69(90-52)92-66-62(80)60(78)61(79)65(91-68-63(81)58(76)56(74)51(46-70)89-68)67(66)93-94(83,84)87-48-50(47-85-53(71)43-40-37-34-31-28-21-18-15-12-9-6-3)88-55(73)45-42-39-36-33-30-26-23-20-17-14-11-8-5-2/h35,38,41,44,50-52,56-70,74-82H,4-34,36-37,39-40,42-43,45-49H2,1-3H3,(H,83,84)/b38-35+,44-41+. The molecule has 1 saturated carbocycles. The van der Waals surface area contributed by atoms with Gasteiger partial charge in [-0.25, -0.2) is 9.36 Å². The number of rotatable bonds is 55. The van der Waals surface area contributed by atoms with Crippen molar-refractivity contribution in [1.82, 2.24) is 0 Å². The highest BCUT2D eigenvalue weighted by molar-refractivity contribution is 7.47. The van der Waals surface area contributed by atoms with Gasteiger partial charge in [0.15, 0.2) is 18.7 Å². The molecule has 3 fully saturated rings. The fraction of sp³-hybridized carbons (Fsp3) is 0.899. The minimum absolute atomic E-state index is 0.0390. The first-order valence-corrected chi connectivity index (χ1v) is 37.7. The molecule has 2 aliphatic heterocycles. The van der Waals surface area contributed by atoms with Crippen molar-refractivity contribution in [2.45, 2.75) is 369 Å². The summed E-state index contributed by atoms with van der Waals surface area (Å²) >= 11 is 0. The molecule has 3 aliphatic rings. The van der Waals surface area contributed by atoms with Crippen molar-refractivity contribution >= 4 is 25.7 Å². The number of hydrogen-bond acceptors (Lipinski definition) is 23. The Labute approximate surface area is 560 Å². The summed E-state index contributed by atoms with van der Waals surface area (Å²) in [5.41, 5.74) is 0. The number of carbonyl (C=O) groups excluding carboxylic acids is 3. The summed E-state index contributed by atoms with van der Waals surface area (Å²) in [6.07, 6.45) is 10.5. The smallest absolute Gasteiger partial charge is 0.462 e. The number of phosphoric acid groups is 1. The number of aliphatic hydroxyl groups is 10. The van der Waals surface area contributed by atoms with Crippen LogP contribution in [0.3, 0.4) is 0 Å². The molecule has 0 bridgehead atoms. The topological polar surface area (TPSA) is 374 Å². The summed E-state index contributed by atoms with van der Waals surface area (Å²) in [5, 5.41) is 110. The molecule has 11 N–H and O–H groups in total. The van der Waals surface area contributed by atoms with Crippen LogP contribution in [0.25, 0.3) is 0 Å². The number of carbonyl (C=O) groups is 3. The van der Waals surface area contributed by atoms with E-state index in [0.29, 0.717) is 12.8 Å². The number of unbranched alkanes of at least 4 members (excludes halogenated alkanes) is 33. The van der Waals surface area contributed by atoms with Gasteiger partial charge < -0.3 is 89.1 Å². The van der Waals surface area contributed by atoms with Crippen LogP contribution >= 0.6 is 7.82 Å². The third kappa shape index (κ3) is 35.0. The highest BCUT2D eigenvalue weighted by Crippen LogP contribution is 2.49. The zero-order chi connectivity index (χ0) is 68.9. The van der Waals surface area contributed by atoms with E-state index in [0.717, 1.165) is 96.0 Å². The van der Waals surface area contributed by atoms with Crippen molar-refractivity contribution in [2.24, 2.45) is 0 Å². The van der Waals surface area contributed by atoms with E-state index in [1.807, 2.05) is 6.08 Å². The molecule has 24 nitrogen and oxygen atoms in total. The molecule has 18 atom stereocenters. The van der Waals surface area contributed by atoms with Crippen LogP contribution in [0.4, 0.5) is 0 Å². The SMILES string of the molecule is CCCCCCCCCCCCC/C=C/C=C/C(=O)OCC1OC(OC2C(O)C(O)C(O)C(OC3OC(CO)C(O)C(O)C3O)C2OP(=O)(O)OCC(COC(=O)CCCCCCCCCCCCC)OC(=O)CCCCCCCCCCCCCCC)C(O)C(O)C1O. The quantitative estimate of drug-likeness (QED) is 0.00675. The van der Waals surface area contributed by atoms with Crippen molar-refractivity contribution in [3.8, 4) is 0 Å². The molecular weight excluding hydrogens is 1240 g/mol. The van der Waals surface area contributed by atoms with Gasteiger partial charge in [0.2, 0.25) is 0 Å². The first-order valence-electron chi connectivity index (χ1n) is 36.2. The van der Waals surface area contributed by atoms with Gasteiger partial charge in [0.25, 0.3) is 0 Å². The van der Waals surface area contributed by atoms with Gasteiger partial charge in [0.1, 0.15) is 98.7 Å². The average Bonchev–Trinajstić information content (AvgIpc) is 0.767. The van der Waals surface area contributed by atoms with E-state index in [9.17, 15) is 74.9 Å². The Bertz CT molecular complexity index is 2050. The predicted molar refractivity (Wildman–Crippen MR) is 351 cm³/mol. The van der Waals surface area contributed by atoms with Crippen molar-refractivity contribution in [3.05, 3.63) is 24.3 Å². The van der Waals surface area contributed by atoms with Gasteiger partial charge in [-0.1, -0.05) is 244 Å². The minimum Gasteiger partial charge on any atom is -0.462 e. The number of ether oxygens (including phenoxy) is 7. The third-order valence-corrected chi connectivity index (χ3v) is 18.8. The van der Waals surface area contributed by atoms with Crippen molar-refractivity contribution in [1.29, 1.82) is 0 Å². The van der Waals surface area contributed by atoms with Crippen LogP contribution in [0, 0.1) is 0 Å². The summed E-state index contributed by atoms with van der Waals surface area (Å²) in [6.45, 7) is 3.33. The van der Waals surface area contributed by atoms with Crippen LogP contribution in [-0.4, -0.2) is 204 Å². The Kier molecular flexibility index (Phi) is 47.0. The summed E-state index contributed by atoms with van der Waals surface area (Å²) in [4.78, 5) is 50.7. The second kappa shape index (κ2) is 51.6. The van der Waals surface area contributed by atoms with Crippen LogP contribution in [0.1, 0.15) is 265 Å². The van der Waals surface area contributed by atoms with Crippen molar-refractivity contribution in [3.63, 3.8) is 0 Å². The van der Waals surface area contributed by atoms with Gasteiger partial charge in [0.05, 0.1) is 13.2 Å². The maximum atomic E-state index is 14.3. The summed E-state index contributed by atoms with van der Waals surface area (Å²) in [5.74, 6) is -2.22. The second-order valence-corrected chi connectivity index (χ2v) is 27.4. The number of esters is 3. The van der Waals surface area contributed by atoms with Crippen LogP contribution in [-0.2, 0) is 61.2 Å². The van der Waals surface area contributed by atoms with E-state index in [-0.39, 0.29) is 12.8 Å². The fourth-order valence-corrected chi connectivity index (χ4v) is 12.9. The number of hydrogen-bond donors (Lipinski definition) is 11. The van der Waals surface area contributed by atoms with Gasteiger partial charge >= 0.3 is 25.7 Å². The molecule has 18 unspecified atom stereocenters. The fourth-order valence-electron chi connectivity index (χ4n) is 11.9. The molecule has 0 aromatic rings. The molecular formula is C69H125O24P. The first-order chi connectivity index (χ1) is 45.3. The van der Waals surface area contributed by atoms with Crippen LogP contribution in [0.2, 0.25) is 0 Å². The number of aliphatic hydroxyl groups excluding tert-OH is 10. The van der Waals surface area contributed by atoms with Gasteiger partial charge in [-0.05, 0) is 25.7 Å². The lowest BCUT2D eigenvalue weighted by molar-refractivity contribution is -0.360. The monoisotopic (exact) mass is 1370 g/mol. The third-order valence-electron chi connectivity index (χ3n) is 17.8. The lowest BCUT2D eigenvalue weighted by Gasteiger charge is -2.49. The molecule has 25 heteroatoms. The molecule has 0 amide bonds. The van der Waals surface area contributed by atoms with Crippen molar-refractivity contribution < 1.29 is 117 Å². The normalized spacial score (nSPS) is 28.4. The summed E-state index contributed by atoms with van der Waals surface area (Å²) in [7, 11) is -5.70. The van der Waals surface area contributed by atoms with Gasteiger partial charge in [-0.3, -0.25) is 18.6 Å². The summed E-state index contributed by atoms with van der Waals surface area (Å²) < 4.78 is 64.7. The lowest BCUT2D eigenvalue weighted by Crippen LogP contribution is -2.69. The van der Waals surface area contributed by atoms with Crippen LogP contribution in [0.5, 0.6) is 0 Å². The molecule has 3 rings (SSSR count). The maximum absolute atomic E-state index is 14.3. The molecule has 0 radical (unpaired) electrons. The van der Waals surface area contributed by atoms with E-state index < -0.39 is 156 Å². The Morgan fingerprint density at radius 1 is 0.436 bits per heavy atom. The second-order valence-electron chi connectivity index (χ2n) is 26.0. The maximum Gasteiger partial charge on any atom is 0.472 e. The van der Waals surface area contributed by atoms with Crippen molar-refractivity contribution in [2.75, 3.05) is 26.4 Å². The highest BCUT2D eigenvalue weighted by Gasteiger charge is 2.58. The molecule has 1 aliphatic carbocycles. The number of allylic oxidation sites excluding steroid dienone is 3. The number of phosphoric ester groups is 1. The zero-order valence-electron chi connectivity index (χ0n) is 57.0. The Balaban J connectivity index is 1.76. The molecule has 550 valence electrons. The molecule has 2 heterocycles. The van der Waals surface area contributed by atoms with Gasteiger partial charge in [0, 0.05) is 18.9 Å². The molecule has 94 heavy (non-hydrogen) atoms. The Morgan fingerprint density at radius 2 is 0.819 bits per heavy atom. The Morgan fingerprint density at radius 3 is 1.26 bits per heavy atom. The van der Waals surface area contributed by atoms with E-state index in [2.05, 4.69) is 20.8 Å². The zero-order valence-corrected chi connectivity index (χ0v) is 57.9. The predicted octanol–water partition coefficient (Wildman–Crippen LogP) is 8.96. The van der Waals surface area contributed by atoms with E-state index in [4.69, 9.17) is 42.2 Å². The molecule has 0 aromatic heterocycles. The van der Waals surface area contributed by atoms with Gasteiger partial charge in [-0.15, -0.1) is 0 Å². The van der Waals surface area contributed by atoms with E-state index >= 15 is 0 Å². The highest BCUT2D eigenvalue weighted by atomic mass is 31.2. The van der Waals surface area contributed by atoms with Crippen LogP contribution in [0.15, 0.2) is 24.3 Å². The minimum atomic E-state index is -5.70. The Hall–Kier alpha value is -2.56.